The Hall–Kier alpha value is -3.70. The Balaban J connectivity index is 1.57. The third kappa shape index (κ3) is 2.89. The number of benzene rings is 3. The maximum absolute atomic E-state index is 13.3. The van der Waals surface area contributed by atoms with Crippen LogP contribution in [-0.2, 0) is 6.54 Å². The summed E-state index contributed by atoms with van der Waals surface area (Å²) in [7, 11) is 0. The summed E-state index contributed by atoms with van der Waals surface area (Å²) in [5.74, 6) is 0. The van der Waals surface area contributed by atoms with Crippen molar-refractivity contribution in [2.75, 3.05) is 0 Å². The van der Waals surface area contributed by atoms with Gasteiger partial charge in [0.1, 0.15) is 0 Å². The number of nitrogens with zero attached hydrogens (tertiary/aromatic N) is 3. The third-order valence-electron chi connectivity index (χ3n) is 6.12. The Kier molecular flexibility index (Phi) is 4.26. The van der Waals surface area contributed by atoms with Gasteiger partial charge in [0.05, 0.1) is 15.6 Å². The van der Waals surface area contributed by atoms with Crippen LogP contribution in [0.3, 0.4) is 0 Å². The van der Waals surface area contributed by atoms with Gasteiger partial charge in [0.15, 0.2) is 4.96 Å². The van der Waals surface area contributed by atoms with Gasteiger partial charge in [-0.1, -0.05) is 71.5 Å². The zero-order valence-corrected chi connectivity index (χ0v) is 18.7. The Morgan fingerprint density at radius 1 is 0.938 bits per heavy atom. The van der Waals surface area contributed by atoms with Crippen LogP contribution >= 0.6 is 11.3 Å². The van der Waals surface area contributed by atoms with E-state index in [0.29, 0.717) is 4.53 Å². The number of para-hydroxylation sites is 3. The van der Waals surface area contributed by atoms with E-state index in [1.807, 2.05) is 30.3 Å². The number of hydrogen-bond acceptors (Lipinski definition) is 3. The van der Waals surface area contributed by atoms with Gasteiger partial charge >= 0.3 is 0 Å². The number of rotatable bonds is 3. The van der Waals surface area contributed by atoms with Crippen LogP contribution in [0, 0.1) is 13.8 Å². The summed E-state index contributed by atoms with van der Waals surface area (Å²) in [6.07, 6.45) is 2.04. The molecule has 0 aliphatic carbocycles. The van der Waals surface area contributed by atoms with E-state index < -0.39 is 0 Å². The molecule has 0 spiro atoms. The molecule has 0 amide bonds. The molecule has 0 atom stereocenters. The fraction of sp³-hybridized carbons (Fsp3) is 0.111. The van der Waals surface area contributed by atoms with E-state index in [9.17, 15) is 4.79 Å². The lowest BCUT2D eigenvalue weighted by Crippen LogP contribution is -2.22. The van der Waals surface area contributed by atoms with Gasteiger partial charge in [-0.15, -0.1) is 0 Å². The van der Waals surface area contributed by atoms with Crippen LogP contribution in [0.2, 0.25) is 0 Å². The molecular formula is C27H21N3OS. The smallest absolute Gasteiger partial charge is 0.274 e. The van der Waals surface area contributed by atoms with Crippen LogP contribution < -0.4 is 10.1 Å². The number of imidazole rings is 1. The van der Waals surface area contributed by atoms with Crippen molar-refractivity contribution in [3.8, 4) is 0 Å². The second-order valence-electron chi connectivity index (χ2n) is 8.23. The van der Waals surface area contributed by atoms with Crippen molar-refractivity contribution < 1.29 is 0 Å². The first-order valence-corrected chi connectivity index (χ1v) is 11.5. The van der Waals surface area contributed by atoms with E-state index in [1.54, 1.807) is 4.40 Å². The summed E-state index contributed by atoms with van der Waals surface area (Å²) >= 11 is 1.45. The van der Waals surface area contributed by atoms with Crippen molar-refractivity contribution in [3.05, 3.63) is 110 Å². The number of hydrogen-bond donors (Lipinski definition) is 0. The SMILES string of the molecule is Cc1cccc(Cn2c(C)c(C=c3sc4nc5ccccc5n4c3=O)c3ccccc32)c1. The van der Waals surface area contributed by atoms with Gasteiger partial charge in [0.2, 0.25) is 0 Å². The molecule has 156 valence electrons. The first-order chi connectivity index (χ1) is 15.6. The van der Waals surface area contributed by atoms with E-state index in [4.69, 9.17) is 0 Å². The summed E-state index contributed by atoms with van der Waals surface area (Å²) in [5.41, 5.74) is 7.67. The molecule has 0 N–H and O–H groups in total. The van der Waals surface area contributed by atoms with Gasteiger partial charge in [0.25, 0.3) is 5.56 Å². The zero-order chi connectivity index (χ0) is 21.8. The monoisotopic (exact) mass is 435 g/mol. The summed E-state index contributed by atoms with van der Waals surface area (Å²) in [6, 6.07) is 24.8. The van der Waals surface area contributed by atoms with Crippen LogP contribution in [0.5, 0.6) is 0 Å². The largest absolute Gasteiger partial charge is 0.340 e. The molecule has 0 saturated carbocycles. The molecule has 0 aliphatic rings. The molecule has 0 bridgehead atoms. The number of thiazole rings is 1. The molecule has 3 heterocycles. The molecule has 4 nitrogen and oxygen atoms in total. The molecule has 32 heavy (non-hydrogen) atoms. The second-order valence-corrected chi connectivity index (χ2v) is 9.23. The molecule has 0 saturated heterocycles. The highest BCUT2D eigenvalue weighted by Crippen LogP contribution is 2.28. The quantitative estimate of drug-likeness (QED) is 0.389. The molecule has 0 aliphatic heterocycles. The fourth-order valence-electron chi connectivity index (χ4n) is 4.58. The number of aromatic nitrogens is 3. The van der Waals surface area contributed by atoms with E-state index in [0.717, 1.165) is 39.2 Å². The molecule has 0 unspecified atom stereocenters. The van der Waals surface area contributed by atoms with Gasteiger partial charge in [-0.2, -0.15) is 0 Å². The Morgan fingerprint density at radius 2 is 1.72 bits per heavy atom. The average molecular weight is 436 g/mol. The van der Waals surface area contributed by atoms with Crippen molar-refractivity contribution in [1.82, 2.24) is 14.0 Å². The summed E-state index contributed by atoms with van der Waals surface area (Å²) < 4.78 is 4.78. The fourth-order valence-corrected chi connectivity index (χ4v) is 5.55. The van der Waals surface area contributed by atoms with Crippen LogP contribution in [0.4, 0.5) is 0 Å². The van der Waals surface area contributed by atoms with Crippen molar-refractivity contribution in [2.45, 2.75) is 20.4 Å². The maximum Gasteiger partial charge on any atom is 0.274 e. The highest BCUT2D eigenvalue weighted by molar-refractivity contribution is 7.15. The highest BCUT2D eigenvalue weighted by Gasteiger charge is 2.15. The van der Waals surface area contributed by atoms with Gasteiger partial charge in [-0.25, -0.2) is 9.38 Å². The van der Waals surface area contributed by atoms with Gasteiger partial charge in [-0.05, 0) is 43.7 Å². The molecule has 6 rings (SSSR count). The Labute approximate surface area is 188 Å². The highest BCUT2D eigenvalue weighted by atomic mass is 32.1. The average Bonchev–Trinajstić information content (AvgIpc) is 3.39. The molecule has 6 aromatic rings. The van der Waals surface area contributed by atoms with Crippen LogP contribution in [-0.4, -0.2) is 14.0 Å². The summed E-state index contributed by atoms with van der Waals surface area (Å²) in [4.78, 5) is 18.7. The second kappa shape index (κ2) is 7.18. The Morgan fingerprint density at radius 3 is 2.56 bits per heavy atom. The molecule has 5 heteroatoms. The molecule has 0 fully saturated rings. The summed E-state index contributed by atoms with van der Waals surface area (Å²) in [6.45, 7) is 5.06. The van der Waals surface area contributed by atoms with Crippen LogP contribution in [0.1, 0.15) is 22.4 Å². The standard InChI is InChI=1S/C27H21N3OS/c1-17-8-7-9-19(14-17)16-29-18(2)21(20-10-3-5-12-23(20)29)15-25-26(31)30-24-13-6-4-11-22(24)28-27(30)32-25/h3-15H,16H2,1-2H3. The van der Waals surface area contributed by atoms with Crippen molar-refractivity contribution in [3.63, 3.8) is 0 Å². The molecule has 3 aromatic heterocycles. The van der Waals surface area contributed by atoms with E-state index in [-0.39, 0.29) is 5.56 Å². The van der Waals surface area contributed by atoms with Crippen molar-refractivity contribution in [2.24, 2.45) is 0 Å². The molecule has 0 radical (unpaired) electrons. The van der Waals surface area contributed by atoms with Crippen LogP contribution in [0.25, 0.3) is 33.0 Å². The maximum atomic E-state index is 13.3. The third-order valence-corrected chi connectivity index (χ3v) is 7.09. The van der Waals surface area contributed by atoms with Crippen molar-refractivity contribution >= 4 is 44.3 Å². The zero-order valence-electron chi connectivity index (χ0n) is 17.9. The minimum absolute atomic E-state index is 0.00591. The molecular weight excluding hydrogens is 414 g/mol. The Bertz CT molecular complexity index is 1750. The van der Waals surface area contributed by atoms with E-state index in [1.165, 1.54) is 28.0 Å². The minimum atomic E-state index is -0.00591. The van der Waals surface area contributed by atoms with E-state index in [2.05, 4.69) is 71.9 Å². The minimum Gasteiger partial charge on any atom is -0.340 e. The normalized spacial score (nSPS) is 12.5. The number of fused-ring (bicyclic) bond motifs is 4. The molecule has 3 aromatic carbocycles. The predicted octanol–water partition coefficient (Wildman–Crippen LogP) is 5.08. The lowest BCUT2D eigenvalue weighted by molar-refractivity contribution is 0.803. The first kappa shape index (κ1) is 19.0. The van der Waals surface area contributed by atoms with Crippen molar-refractivity contribution in [1.29, 1.82) is 0 Å². The van der Waals surface area contributed by atoms with Gasteiger partial charge in [0, 0.05) is 28.7 Å². The topological polar surface area (TPSA) is 39.3 Å². The van der Waals surface area contributed by atoms with Gasteiger partial charge < -0.3 is 4.57 Å². The number of aryl methyl sites for hydroxylation is 1. The van der Waals surface area contributed by atoms with Crippen LogP contribution in [0.15, 0.2) is 77.6 Å². The predicted molar refractivity (Wildman–Crippen MR) is 133 cm³/mol. The first-order valence-electron chi connectivity index (χ1n) is 10.7. The van der Waals surface area contributed by atoms with E-state index >= 15 is 0 Å². The summed E-state index contributed by atoms with van der Waals surface area (Å²) in [5, 5.41) is 1.16. The lowest BCUT2D eigenvalue weighted by Gasteiger charge is -2.09. The van der Waals surface area contributed by atoms with Gasteiger partial charge in [-0.3, -0.25) is 4.79 Å². The lowest BCUT2D eigenvalue weighted by atomic mass is 10.1.